The summed E-state index contributed by atoms with van der Waals surface area (Å²) in [5, 5.41) is 3.84. The second-order valence-corrected chi connectivity index (χ2v) is 7.34. The Hall–Kier alpha value is -0.0800. The Morgan fingerprint density at radius 1 is 1.11 bits per heavy atom. The van der Waals surface area contributed by atoms with Gasteiger partial charge in [-0.1, -0.05) is 27.2 Å². The number of nitrogens with zero attached hydrogens (tertiary/aromatic N) is 1. The molecular formula is C16H30N2. The van der Waals surface area contributed by atoms with Gasteiger partial charge in [0.2, 0.25) is 0 Å². The van der Waals surface area contributed by atoms with Gasteiger partial charge in [-0.15, -0.1) is 0 Å². The molecule has 3 aliphatic rings. The number of nitrogens with one attached hydrogen (secondary N) is 1. The van der Waals surface area contributed by atoms with Crippen molar-refractivity contribution < 1.29 is 0 Å². The Balaban J connectivity index is 1.71. The van der Waals surface area contributed by atoms with Crippen molar-refractivity contribution in [3.05, 3.63) is 0 Å². The van der Waals surface area contributed by atoms with Crippen LogP contribution in [0, 0.1) is 17.8 Å². The van der Waals surface area contributed by atoms with E-state index < -0.39 is 0 Å². The highest BCUT2D eigenvalue weighted by atomic mass is 15.3. The lowest BCUT2D eigenvalue weighted by molar-refractivity contribution is 0.0379. The molecule has 0 aromatic carbocycles. The Kier molecular flexibility index (Phi) is 3.68. The van der Waals surface area contributed by atoms with Gasteiger partial charge >= 0.3 is 0 Å². The summed E-state index contributed by atoms with van der Waals surface area (Å²) in [6.07, 6.45) is 7.29. The fraction of sp³-hybridized carbons (Fsp3) is 1.00. The standard InChI is InChI=1S/C16H30N2/c1-11(2)16-9-17-14(13-7-8-13)10-18(16)15-6-4-5-12(15)3/h11-17H,4-10H2,1-3H3. The van der Waals surface area contributed by atoms with Crippen molar-refractivity contribution in [2.75, 3.05) is 13.1 Å². The van der Waals surface area contributed by atoms with Gasteiger partial charge in [-0.25, -0.2) is 0 Å². The molecule has 1 aliphatic heterocycles. The largest absolute Gasteiger partial charge is 0.311 e. The van der Waals surface area contributed by atoms with Crippen LogP contribution < -0.4 is 5.32 Å². The van der Waals surface area contributed by atoms with E-state index >= 15 is 0 Å². The first kappa shape index (κ1) is 12.9. The topological polar surface area (TPSA) is 15.3 Å². The van der Waals surface area contributed by atoms with E-state index in [1.807, 2.05) is 0 Å². The van der Waals surface area contributed by atoms with Crippen LogP contribution in [0.1, 0.15) is 52.9 Å². The maximum Gasteiger partial charge on any atom is 0.0247 e. The van der Waals surface area contributed by atoms with Gasteiger partial charge in [0.25, 0.3) is 0 Å². The van der Waals surface area contributed by atoms with Crippen molar-refractivity contribution in [3.63, 3.8) is 0 Å². The minimum Gasteiger partial charge on any atom is -0.311 e. The second kappa shape index (κ2) is 5.13. The molecule has 1 heterocycles. The SMILES string of the molecule is CC(C)C1CNC(C2CC2)CN1C1CCCC1C. The third kappa shape index (κ3) is 2.46. The molecule has 18 heavy (non-hydrogen) atoms. The molecule has 0 bridgehead atoms. The predicted octanol–water partition coefficient (Wildman–Crippen LogP) is 2.88. The Morgan fingerprint density at radius 2 is 1.89 bits per heavy atom. The van der Waals surface area contributed by atoms with Crippen LogP contribution >= 0.6 is 0 Å². The fourth-order valence-electron chi connectivity index (χ4n) is 4.25. The molecule has 1 N–H and O–H groups in total. The Bertz CT molecular complexity index is 283. The van der Waals surface area contributed by atoms with Crippen LogP contribution in [0.5, 0.6) is 0 Å². The maximum absolute atomic E-state index is 3.84. The molecule has 3 fully saturated rings. The second-order valence-electron chi connectivity index (χ2n) is 7.34. The first-order valence-corrected chi connectivity index (χ1v) is 8.16. The van der Waals surface area contributed by atoms with Crippen molar-refractivity contribution >= 4 is 0 Å². The number of rotatable bonds is 3. The van der Waals surface area contributed by atoms with E-state index in [0.717, 1.165) is 35.9 Å². The summed E-state index contributed by atoms with van der Waals surface area (Å²) < 4.78 is 0. The van der Waals surface area contributed by atoms with Crippen LogP contribution in [0.2, 0.25) is 0 Å². The minimum atomic E-state index is 0.769. The van der Waals surface area contributed by atoms with Crippen LogP contribution in [-0.2, 0) is 0 Å². The Morgan fingerprint density at radius 3 is 2.44 bits per heavy atom. The van der Waals surface area contributed by atoms with E-state index in [2.05, 4.69) is 31.0 Å². The first-order valence-electron chi connectivity index (χ1n) is 8.16. The number of piperazine rings is 1. The summed E-state index contributed by atoms with van der Waals surface area (Å²) >= 11 is 0. The maximum atomic E-state index is 3.84. The van der Waals surface area contributed by atoms with E-state index in [1.165, 1.54) is 45.2 Å². The van der Waals surface area contributed by atoms with Crippen LogP contribution in [0.4, 0.5) is 0 Å². The summed E-state index contributed by atoms with van der Waals surface area (Å²) in [6, 6.07) is 2.44. The number of hydrogen-bond acceptors (Lipinski definition) is 2. The minimum absolute atomic E-state index is 0.769. The molecule has 0 aromatic heterocycles. The molecule has 2 heteroatoms. The van der Waals surface area contributed by atoms with Gasteiger partial charge in [-0.2, -0.15) is 0 Å². The molecular weight excluding hydrogens is 220 g/mol. The predicted molar refractivity (Wildman–Crippen MR) is 76.6 cm³/mol. The third-order valence-corrected chi connectivity index (χ3v) is 5.63. The van der Waals surface area contributed by atoms with Crippen LogP contribution in [0.3, 0.4) is 0 Å². The highest BCUT2D eigenvalue weighted by Gasteiger charge is 2.42. The molecule has 2 aliphatic carbocycles. The average Bonchev–Trinajstić information content (AvgIpc) is 3.11. The molecule has 2 nitrogen and oxygen atoms in total. The summed E-state index contributed by atoms with van der Waals surface area (Å²) in [6.45, 7) is 9.82. The molecule has 4 unspecified atom stereocenters. The van der Waals surface area contributed by atoms with E-state index in [-0.39, 0.29) is 0 Å². The lowest BCUT2D eigenvalue weighted by Crippen LogP contribution is -2.62. The molecule has 1 saturated heterocycles. The first-order chi connectivity index (χ1) is 8.66. The van der Waals surface area contributed by atoms with Crippen molar-refractivity contribution in [1.29, 1.82) is 0 Å². The van der Waals surface area contributed by atoms with Crippen molar-refractivity contribution in [2.45, 2.75) is 71.0 Å². The van der Waals surface area contributed by atoms with E-state index in [4.69, 9.17) is 0 Å². The van der Waals surface area contributed by atoms with Gasteiger partial charge in [-0.05, 0) is 43.4 Å². The van der Waals surface area contributed by atoms with Crippen LogP contribution in [0.15, 0.2) is 0 Å². The lowest BCUT2D eigenvalue weighted by atomic mass is 9.92. The number of hydrogen-bond donors (Lipinski definition) is 1. The molecule has 0 radical (unpaired) electrons. The normalized spacial score (nSPS) is 42.7. The smallest absolute Gasteiger partial charge is 0.0247 e. The van der Waals surface area contributed by atoms with Crippen molar-refractivity contribution in [2.24, 2.45) is 17.8 Å². The average molecular weight is 250 g/mol. The molecule has 0 spiro atoms. The van der Waals surface area contributed by atoms with Gasteiger partial charge in [-0.3, -0.25) is 4.90 Å². The molecule has 0 aromatic rings. The summed E-state index contributed by atoms with van der Waals surface area (Å²) in [5.41, 5.74) is 0. The summed E-state index contributed by atoms with van der Waals surface area (Å²) in [5.74, 6) is 2.70. The van der Waals surface area contributed by atoms with E-state index in [0.29, 0.717) is 0 Å². The monoisotopic (exact) mass is 250 g/mol. The fourth-order valence-corrected chi connectivity index (χ4v) is 4.25. The van der Waals surface area contributed by atoms with Crippen LogP contribution in [0.25, 0.3) is 0 Å². The third-order valence-electron chi connectivity index (χ3n) is 5.63. The van der Waals surface area contributed by atoms with Gasteiger partial charge < -0.3 is 5.32 Å². The zero-order chi connectivity index (χ0) is 12.7. The zero-order valence-corrected chi connectivity index (χ0v) is 12.4. The highest BCUT2D eigenvalue weighted by molar-refractivity contribution is 4.98. The quantitative estimate of drug-likeness (QED) is 0.828. The van der Waals surface area contributed by atoms with Crippen molar-refractivity contribution in [1.82, 2.24) is 10.2 Å². The van der Waals surface area contributed by atoms with Gasteiger partial charge in [0.1, 0.15) is 0 Å². The van der Waals surface area contributed by atoms with Crippen molar-refractivity contribution in [3.8, 4) is 0 Å². The Labute approximate surface area is 113 Å². The van der Waals surface area contributed by atoms with E-state index in [9.17, 15) is 0 Å². The van der Waals surface area contributed by atoms with Gasteiger partial charge in [0.15, 0.2) is 0 Å². The molecule has 4 atom stereocenters. The lowest BCUT2D eigenvalue weighted by Gasteiger charge is -2.47. The molecule has 2 saturated carbocycles. The summed E-state index contributed by atoms with van der Waals surface area (Å²) in [7, 11) is 0. The molecule has 104 valence electrons. The summed E-state index contributed by atoms with van der Waals surface area (Å²) in [4.78, 5) is 2.90. The molecule has 0 amide bonds. The van der Waals surface area contributed by atoms with Gasteiger partial charge in [0.05, 0.1) is 0 Å². The zero-order valence-electron chi connectivity index (χ0n) is 12.4. The van der Waals surface area contributed by atoms with Crippen LogP contribution in [-0.4, -0.2) is 36.1 Å². The van der Waals surface area contributed by atoms with Gasteiger partial charge in [0, 0.05) is 31.2 Å². The highest BCUT2D eigenvalue weighted by Crippen LogP contribution is 2.38. The van der Waals surface area contributed by atoms with E-state index in [1.54, 1.807) is 0 Å². The molecule has 3 rings (SSSR count).